The Hall–Kier alpha value is -2.80. The first-order chi connectivity index (χ1) is 20.4. The highest BCUT2D eigenvalue weighted by molar-refractivity contribution is 7.95. The Kier molecular flexibility index (Phi) is 11.9. The summed E-state index contributed by atoms with van der Waals surface area (Å²) in [6.45, 7) is 0. The van der Waals surface area contributed by atoms with Crippen LogP contribution in [0, 0.1) is 0 Å². The van der Waals surface area contributed by atoms with Gasteiger partial charge in [0, 0.05) is 10.8 Å². The van der Waals surface area contributed by atoms with Gasteiger partial charge in [-0.2, -0.15) is 15.0 Å². The quantitative estimate of drug-likeness (QED) is 0.0376. The molecule has 1 heterocycles. The van der Waals surface area contributed by atoms with Crippen molar-refractivity contribution in [3.05, 3.63) is 47.0 Å². The monoisotopic (exact) mass is 680 g/mol. The van der Waals surface area contributed by atoms with E-state index in [4.69, 9.17) is 43.7 Å². The lowest BCUT2D eigenvalue weighted by atomic mass is 10.1. The molecule has 0 fully saturated rings. The van der Waals surface area contributed by atoms with Gasteiger partial charge in [-0.1, -0.05) is 15.1 Å². The number of anilines is 2. The largest absolute Gasteiger partial charge is 0.505 e. The number of aromatic nitrogens is 3. The van der Waals surface area contributed by atoms with Crippen LogP contribution < -0.4 is 10.1 Å². The first-order valence-corrected chi connectivity index (χ1v) is 13.6. The van der Waals surface area contributed by atoms with Gasteiger partial charge in [0.2, 0.25) is 16.5 Å². The van der Waals surface area contributed by atoms with E-state index in [2.05, 4.69) is 58.6 Å². The first kappa shape index (κ1) is 32.1. The molecule has 0 atom stereocenters. The highest BCUT2D eigenvalue weighted by Gasteiger charge is 2.21. The Bertz CT molecular complexity index is 1570. The molecule has 1 aromatic heterocycles. The van der Waals surface area contributed by atoms with E-state index in [1.165, 1.54) is 37.4 Å². The fraction of sp³-hybridized carbons (Fsp3) is 0.0500. The van der Waals surface area contributed by atoms with Crippen LogP contribution in [-0.4, -0.2) is 42.9 Å². The molecule has 4 rings (SSSR count). The number of halogens is 2. The number of rotatable bonds is 14. The topological polar surface area (TPSA) is 221 Å². The maximum absolute atomic E-state index is 11.3. The summed E-state index contributed by atoms with van der Waals surface area (Å²) >= 11 is 13.4. The third-order valence-electron chi connectivity index (χ3n) is 4.89. The normalized spacial score (nSPS) is 11.5. The van der Waals surface area contributed by atoms with Crippen LogP contribution in [0.15, 0.2) is 61.3 Å². The van der Waals surface area contributed by atoms with E-state index in [1.54, 1.807) is 6.07 Å². The molecule has 5 N–H and O–H groups in total. The number of methoxy groups -OCH3 is 1. The number of azo groups is 1. The average molecular weight is 681 g/mol. The minimum Gasteiger partial charge on any atom is -0.505 e. The van der Waals surface area contributed by atoms with Crippen LogP contribution in [0.5, 0.6) is 11.5 Å². The average Bonchev–Trinajstić information content (AvgIpc) is 2.97. The van der Waals surface area contributed by atoms with Crippen molar-refractivity contribution in [2.75, 3.05) is 12.4 Å². The molecule has 0 aliphatic carbocycles. The fourth-order valence-electron chi connectivity index (χ4n) is 3.27. The third kappa shape index (κ3) is 7.97. The van der Waals surface area contributed by atoms with Gasteiger partial charge in [-0.05, 0) is 59.6 Å². The molecular formula is C20H14Cl2N6O11S3. The van der Waals surface area contributed by atoms with E-state index in [9.17, 15) is 5.11 Å². The molecule has 0 saturated heterocycles. The fourth-order valence-corrected chi connectivity index (χ4v) is 5.15. The molecule has 0 amide bonds. The molecule has 0 spiro atoms. The van der Waals surface area contributed by atoms with Crippen LogP contribution >= 0.6 is 59.3 Å². The highest BCUT2D eigenvalue weighted by atomic mass is 35.5. The molecular weight excluding hydrogens is 667 g/mol. The number of phenols is 1. The Balaban J connectivity index is 1.84. The van der Waals surface area contributed by atoms with Crippen molar-refractivity contribution in [1.82, 2.24) is 15.0 Å². The molecule has 0 aliphatic rings. The van der Waals surface area contributed by atoms with E-state index in [0.717, 1.165) is 0 Å². The Morgan fingerprint density at radius 3 is 2.12 bits per heavy atom. The van der Waals surface area contributed by atoms with Crippen molar-refractivity contribution in [3.63, 3.8) is 0 Å². The summed E-state index contributed by atoms with van der Waals surface area (Å²) in [4.78, 5) is 12.2. The first-order valence-electron chi connectivity index (χ1n) is 10.6. The lowest BCUT2D eigenvalue weighted by molar-refractivity contribution is -0.432. The van der Waals surface area contributed by atoms with E-state index in [-0.39, 0.29) is 54.5 Å². The Labute approximate surface area is 256 Å². The maximum Gasteiger partial charge on any atom is 0.232 e. The number of benzene rings is 3. The molecule has 0 aliphatic heterocycles. The second kappa shape index (κ2) is 15.6. The summed E-state index contributed by atoms with van der Waals surface area (Å²) in [5, 5.41) is 59.8. The maximum atomic E-state index is 11.3. The number of phenolic OH excluding ortho intramolecular Hbond substituents is 1. The molecule has 0 unspecified atom stereocenters. The van der Waals surface area contributed by atoms with Gasteiger partial charge in [0.1, 0.15) is 17.1 Å². The van der Waals surface area contributed by atoms with Crippen LogP contribution in [0.2, 0.25) is 10.6 Å². The van der Waals surface area contributed by atoms with Gasteiger partial charge in [-0.15, -0.1) is 23.2 Å². The standard InChI is InChI=1S/C20H14Cl2N6O11S3/c1-33-8-2-4-11(13(6-8)40-37-34-30)27-28-15-14(41-38-35-31)7-10-9(16(15)29)3-5-12(17(10)42-39-36-32)23-20-25-18(21)24-19(22)26-20/h2-7,29-32H,1H3,(H,23,24,25,26). The number of aromatic hydroxyl groups is 1. The lowest BCUT2D eigenvalue weighted by Gasteiger charge is -2.15. The van der Waals surface area contributed by atoms with Crippen molar-refractivity contribution < 1.29 is 53.7 Å². The van der Waals surface area contributed by atoms with Gasteiger partial charge < -0.3 is 15.2 Å². The number of hydrogen-bond acceptors (Lipinski definition) is 20. The van der Waals surface area contributed by atoms with Gasteiger partial charge in [0.05, 0.1) is 63.6 Å². The summed E-state index contributed by atoms with van der Waals surface area (Å²) in [5.41, 5.74) is 0.409. The highest BCUT2D eigenvalue weighted by Crippen LogP contribution is 2.48. The number of ether oxygens (including phenoxy) is 1. The molecule has 4 aromatic rings. The van der Waals surface area contributed by atoms with Crippen molar-refractivity contribution in [2.45, 2.75) is 14.7 Å². The third-order valence-corrected chi connectivity index (χ3v) is 7.22. The van der Waals surface area contributed by atoms with Crippen LogP contribution in [-0.2, 0) is 28.1 Å². The SMILES string of the molecule is COc1ccc(N=Nc2c(SOOO)cc3c(SOOO)c(Nc4nc(Cl)nc(Cl)n4)ccc3c2O)c(SOOO)c1. The van der Waals surface area contributed by atoms with E-state index >= 15 is 0 Å². The number of fused-ring (bicyclic) bond motifs is 1. The van der Waals surface area contributed by atoms with Crippen molar-refractivity contribution in [1.29, 1.82) is 0 Å². The summed E-state index contributed by atoms with van der Waals surface area (Å²) in [6.07, 6.45) is 0. The minimum absolute atomic E-state index is 0.0314. The summed E-state index contributed by atoms with van der Waals surface area (Å²) in [7, 11) is 1.45. The van der Waals surface area contributed by atoms with Gasteiger partial charge >= 0.3 is 0 Å². The van der Waals surface area contributed by atoms with Crippen LogP contribution in [0.1, 0.15) is 0 Å². The second-order valence-corrected chi connectivity index (χ2v) is 10.0. The summed E-state index contributed by atoms with van der Waals surface area (Å²) in [5.74, 6) is 0.0279. The zero-order valence-corrected chi connectivity index (χ0v) is 24.3. The van der Waals surface area contributed by atoms with Crippen LogP contribution in [0.3, 0.4) is 0 Å². The van der Waals surface area contributed by atoms with Crippen LogP contribution in [0.25, 0.3) is 10.8 Å². The molecule has 17 nitrogen and oxygen atoms in total. The summed E-state index contributed by atoms with van der Waals surface area (Å²) < 4.78 is 18.9. The molecule has 22 heteroatoms. The molecule has 0 bridgehead atoms. The predicted octanol–water partition coefficient (Wildman–Crippen LogP) is 7.49. The van der Waals surface area contributed by atoms with Crippen molar-refractivity contribution in [2.24, 2.45) is 10.2 Å². The van der Waals surface area contributed by atoms with Gasteiger partial charge in [0.25, 0.3) is 0 Å². The zero-order chi connectivity index (χ0) is 30.1. The van der Waals surface area contributed by atoms with Crippen LogP contribution in [0.4, 0.5) is 23.0 Å². The van der Waals surface area contributed by atoms with Gasteiger partial charge in [0.15, 0.2) is 5.75 Å². The molecule has 42 heavy (non-hydrogen) atoms. The minimum atomic E-state index is -0.387. The molecule has 3 aromatic carbocycles. The zero-order valence-electron chi connectivity index (χ0n) is 20.3. The summed E-state index contributed by atoms with van der Waals surface area (Å²) in [6, 6.07) is 9.15. The van der Waals surface area contributed by atoms with E-state index in [0.29, 0.717) is 52.2 Å². The van der Waals surface area contributed by atoms with E-state index in [1.807, 2.05) is 0 Å². The number of hydrogen-bond donors (Lipinski definition) is 5. The lowest BCUT2D eigenvalue weighted by Crippen LogP contribution is -2.01. The van der Waals surface area contributed by atoms with E-state index < -0.39 is 0 Å². The predicted molar refractivity (Wildman–Crippen MR) is 148 cm³/mol. The van der Waals surface area contributed by atoms with Crippen molar-refractivity contribution >= 4 is 93.1 Å². The molecule has 0 saturated carbocycles. The van der Waals surface area contributed by atoms with Crippen molar-refractivity contribution in [3.8, 4) is 11.5 Å². The molecule has 0 radical (unpaired) electrons. The smallest absolute Gasteiger partial charge is 0.232 e. The number of nitrogens with one attached hydrogen (secondary N) is 1. The van der Waals surface area contributed by atoms with Gasteiger partial charge in [-0.25, -0.2) is 15.8 Å². The number of nitrogens with zero attached hydrogens (tertiary/aromatic N) is 5. The Morgan fingerprint density at radius 1 is 0.786 bits per heavy atom. The van der Waals surface area contributed by atoms with Gasteiger partial charge in [-0.3, -0.25) is 0 Å². The molecule has 222 valence electrons. The second-order valence-electron chi connectivity index (χ2n) is 7.14. The Morgan fingerprint density at radius 2 is 1.45 bits per heavy atom.